The van der Waals surface area contributed by atoms with E-state index in [1.807, 2.05) is 47.8 Å². The first-order valence-corrected chi connectivity index (χ1v) is 8.74. The molecular weight excluding hydrogens is 322 g/mol. The highest BCUT2D eigenvalue weighted by Gasteiger charge is 2.32. The van der Waals surface area contributed by atoms with Gasteiger partial charge in [0.2, 0.25) is 11.8 Å². The van der Waals surface area contributed by atoms with Gasteiger partial charge in [-0.05, 0) is 11.4 Å². The van der Waals surface area contributed by atoms with Crippen molar-refractivity contribution in [3.63, 3.8) is 0 Å². The Kier molecular flexibility index (Phi) is 4.15. The molecule has 4 rings (SSSR count). The second-order valence-electron chi connectivity index (χ2n) is 5.66. The van der Waals surface area contributed by atoms with Crippen molar-refractivity contribution in [2.24, 2.45) is 0 Å². The maximum atomic E-state index is 12.3. The fourth-order valence-electron chi connectivity index (χ4n) is 2.93. The second-order valence-corrected chi connectivity index (χ2v) is 6.64. The lowest BCUT2D eigenvalue weighted by Crippen LogP contribution is -2.49. The van der Waals surface area contributed by atoms with Gasteiger partial charge in [0.15, 0.2) is 5.76 Å². The number of rotatable bonds is 4. The van der Waals surface area contributed by atoms with Gasteiger partial charge in [0.25, 0.3) is 0 Å². The molecule has 0 radical (unpaired) electrons. The SMILES string of the molecule is O=C1NCCN(Cc2ncc(-c3ccccc3)o2)[C@H]1c1cccs1. The molecule has 122 valence electrons. The summed E-state index contributed by atoms with van der Waals surface area (Å²) < 4.78 is 5.89. The predicted molar refractivity (Wildman–Crippen MR) is 92.4 cm³/mol. The Hall–Kier alpha value is -2.44. The first-order chi connectivity index (χ1) is 11.8. The van der Waals surface area contributed by atoms with E-state index in [2.05, 4.69) is 15.2 Å². The number of piperazine rings is 1. The fourth-order valence-corrected chi connectivity index (χ4v) is 3.79. The molecule has 5 nitrogen and oxygen atoms in total. The van der Waals surface area contributed by atoms with Crippen molar-refractivity contribution in [1.82, 2.24) is 15.2 Å². The Morgan fingerprint density at radius 2 is 2.12 bits per heavy atom. The van der Waals surface area contributed by atoms with E-state index in [0.717, 1.165) is 22.7 Å². The molecule has 6 heteroatoms. The Bertz CT molecular complexity index is 814. The Morgan fingerprint density at radius 1 is 1.25 bits per heavy atom. The van der Waals surface area contributed by atoms with Crippen LogP contribution in [0.1, 0.15) is 16.8 Å². The lowest BCUT2D eigenvalue weighted by atomic mass is 10.1. The molecule has 1 aliphatic rings. The molecule has 1 amide bonds. The van der Waals surface area contributed by atoms with E-state index in [0.29, 0.717) is 19.0 Å². The number of thiophene rings is 1. The van der Waals surface area contributed by atoms with Crippen molar-refractivity contribution < 1.29 is 9.21 Å². The number of amides is 1. The number of nitrogens with zero attached hydrogens (tertiary/aromatic N) is 2. The molecule has 24 heavy (non-hydrogen) atoms. The van der Waals surface area contributed by atoms with Crippen molar-refractivity contribution in [2.75, 3.05) is 13.1 Å². The van der Waals surface area contributed by atoms with Crippen LogP contribution in [0.15, 0.2) is 58.5 Å². The average Bonchev–Trinajstić information content (AvgIpc) is 3.28. The monoisotopic (exact) mass is 339 g/mol. The summed E-state index contributed by atoms with van der Waals surface area (Å²) in [5.41, 5.74) is 1.00. The lowest BCUT2D eigenvalue weighted by Gasteiger charge is -2.33. The Balaban J connectivity index is 1.55. The Labute approximate surface area is 143 Å². The highest BCUT2D eigenvalue weighted by atomic mass is 32.1. The van der Waals surface area contributed by atoms with E-state index in [4.69, 9.17) is 4.42 Å². The van der Waals surface area contributed by atoms with Crippen LogP contribution in [0.4, 0.5) is 0 Å². The van der Waals surface area contributed by atoms with Crippen LogP contribution < -0.4 is 5.32 Å². The molecule has 1 aromatic carbocycles. The van der Waals surface area contributed by atoms with E-state index in [-0.39, 0.29) is 11.9 Å². The number of oxazole rings is 1. The molecule has 0 unspecified atom stereocenters. The number of carbonyl (C=O) groups excluding carboxylic acids is 1. The third kappa shape index (κ3) is 2.98. The normalized spacial score (nSPS) is 18.5. The largest absolute Gasteiger partial charge is 0.439 e. The fraction of sp³-hybridized carbons (Fsp3) is 0.222. The van der Waals surface area contributed by atoms with Crippen LogP contribution in [-0.4, -0.2) is 28.9 Å². The lowest BCUT2D eigenvalue weighted by molar-refractivity contribution is -0.129. The molecule has 0 bridgehead atoms. The van der Waals surface area contributed by atoms with Crippen molar-refractivity contribution in [3.8, 4) is 11.3 Å². The van der Waals surface area contributed by atoms with Crippen LogP contribution in [0.2, 0.25) is 0 Å². The summed E-state index contributed by atoms with van der Waals surface area (Å²) in [6.45, 7) is 1.94. The molecular formula is C18H17N3O2S. The van der Waals surface area contributed by atoms with Crippen molar-refractivity contribution >= 4 is 17.2 Å². The molecule has 1 fully saturated rings. The first kappa shape index (κ1) is 15.1. The maximum absolute atomic E-state index is 12.3. The summed E-state index contributed by atoms with van der Waals surface area (Å²) in [5, 5.41) is 4.94. The van der Waals surface area contributed by atoms with Gasteiger partial charge in [0, 0.05) is 23.5 Å². The third-order valence-electron chi connectivity index (χ3n) is 4.07. The minimum absolute atomic E-state index is 0.0403. The first-order valence-electron chi connectivity index (χ1n) is 7.86. The molecule has 1 N–H and O–H groups in total. The predicted octanol–water partition coefficient (Wildman–Crippen LogP) is 3.08. The van der Waals surface area contributed by atoms with E-state index >= 15 is 0 Å². The molecule has 0 saturated carbocycles. The maximum Gasteiger partial charge on any atom is 0.242 e. The highest BCUT2D eigenvalue weighted by molar-refractivity contribution is 7.10. The zero-order valence-electron chi connectivity index (χ0n) is 13.0. The zero-order valence-corrected chi connectivity index (χ0v) is 13.8. The van der Waals surface area contributed by atoms with Gasteiger partial charge in [-0.15, -0.1) is 11.3 Å². The van der Waals surface area contributed by atoms with Crippen LogP contribution in [0.3, 0.4) is 0 Å². The number of hydrogen-bond donors (Lipinski definition) is 1. The van der Waals surface area contributed by atoms with Crippen molar-refractivity contribution in [2.45, 2.75) is 12.6 Å². The van der Waals surface area contributed by atoms with E-state index in [1.54, 1.807) is 17.5 Å². The molecule has 0 spiro atoms. The summed E-state index contributed by atoms with van der Waals surface area (Å²) in [5.74, 6) is 1.42. The molecule has 1 atom stereocenters. The number of aromatic nitrogens is 1. The minimum atomic E-state index is -0.272. The van der Waals surface area contributed by atoms with Gasteiger partial charge in [-0.3, -0.25) is 9.69 Å². The summed E-state index contributed by atoms with van der Waals surface area (Å²) in [6.07, 6.45) is 1.74. The van der Waals surface area contributed by atoms with E-state index in [9.17, 15) is 4.79 Å². The van der Waals surface area contributed by atoms with Gasteiger partial charge in [-0.25, -0.2) is 4.98 Å². The van der Waals surface area contributed by atoms with Crippen LogP contribution in [0, 0.1) is 0 Å². The zero-order chi connectivity index (χ0) is 16.4. The van der Waals surface area contributed by atoms with Gasteiger partial charge in [0.05, 0.1) is 12.7 Å². The van der Waals surface area contributed by atoms with E-state index in [1.165, 1.54) is 0 Å². The van der Waals surface area contributed by atoms with Gasteiger partial charge < -0.3 is 9.73 Å². The molecule has 3 heterocycles. The van der Waals surface area contributed by atoms with Crippen LogP contribution in [0.5, 0.6) is 0 Å². The standard InChI is InChI=1S/C18H17N3O2S/c22-18-17(15-7-4-10-24-15)21(9-8-19-18)12-16-20-11-14(23-16)13-5-2-1-3-6-13/h1-7,10-11,17H,8-9,12H2,(H,19,22)/t17-/m0/s1. The summed E-state index contributed by atoms with van der Waals surface area (Å²) in [4.78, 5) is 19.9. The topological polar surface area (TPSA) is 58.4 Å². The highest BCUT2D eigenvalue weighted by Crippen LogP contribution is 2.29. The Morgan fingerprint density at radius 3 is 2.92 bits per heavy atom. The smallest absolute Gasteiger partial charge is 0.242 e. The molecule has 0 aliphatic carbocycles. The molecule has 2 aromatic heterocycles. The van der Waals surface area contributed by atoms with Gasteiger partial charge in [0.1, 0.15) is 6.04 Å². The van der Waals surface area contributed by atoms with Gasteiger partial charge in [-0.2, -0.15) is 0 Å². The number of carbonyl (C=O) groups is 1. The molecule has 1 saturated heterocycles. The van der Waals surface area contributed by atoms with E-state index < -0.39 is 0 Å². The minimum Gasteiger partial charge on any atom is -0.439 e. The average molecular weight is 339 g/mol. The second kappa shape index (κ2) is 6.59. The quantitative estimate of drug-likeness (QED) is 0.794. The van der Waals surface area contributed by atoms with Crippen LogP contribution in [0.25, 0.3) is 11.3 Å². The third-order valence-corrected chi connectivity index (χ3v) is 5.00. The number of hydrogen-bond acceptors (Lipinski definition) is 5. The van der Waals surface area contributed by atoms with Crippen molar-refractivity contribution in [1.29, 1.82) is 0 Å². The van der Waals surface area contributed by atoms with Gasteiger partial charge in [-0.1, -0.05) is 36.4 Å². The summed E-state index contributed by atoms with van der Waals surface area (Å²) >= 11 is 1.60. The molecule has 3 aromatic rings. The summed E-state index contributed by atoms with van der Waals surface area (Å²) in [7, 11) is 0. The van der Waals surface area contributed by atoms with Crippen LogP contribution >= 0.6 is 11.3 Å². The number of nitrogens with one attached hydrogen (secondary N) is 1. The van der Waals surface area contributed by atoms with Gasteiger partial charge >= 0.3 is 0 Å². The van der Waals surface area contributed by atoms with Crippen LogP contribution in [-0.2, 0) is 11.3 Å². The summed E-state index contributed by atoms with van der Waals surface area (Å²) in [6, 6.07) is 13.6. The van der Waals surface area contributed by atoms with Crippen molar-refractivity contribution in [3.05, 3.63) is 64.8 Å². The number of benzene rings is 1. The molecule has 1 aliphatic heterocycles.